The van der Waals surface area contributed by atoms with Gasteiger partial charge in [-0.25, -0.2) is 0 Å². The van der Waals surface area contributed by atoms with Gasteiger partial charge in [-0.2, -0.15) is 0 Å². The predicted octanol–water partition coefficient (Wildman–Crippen LogP) is 3.97. The predicted molar refractivity (Wildman–Crippen MR) is 87.2 cm³/mol. The van der Waals surface area contributed by atoms with E-state index in [1.807, 2.05) is 0 Å². The van der Waals surface area contributed by atoms with Crippen molar-refractivity contribution >= 4 is 0 Å². The Hall–Kier alpha value is -0.860. The molecule has 1 aromatic carbocycles. The van der Waals surface area contributed by atoms with Gasteiger partial charge in [0.05, 0.1) is 0 Å². The fraction of sp³-hybridized carbons (Fsp3) is 0.667. The van der Waals surface area contributed by atoms with Gasteiger partial charge in [0.1, 0.15) is 0 Å². The van der Waals surface area contributed by atoms with Gasteiger partial charge in [0.25, 0.3) is 0 Å². The van der Waals surface area contributed by atoms with E-state index in [2.05, 4.69) is 57.3 Å². The van der Waals surface area contributed by atoms with Gasteiger partial charge in [-0.3, -0.25) is 0 Å². The maximum Gasteiger partial charge on any atom is 0.0467 e. The summed E-state index contributed by atoms with van der Waals surface area (Å²) in [5.41, 5.74) is 3.09. The molecule has 0 saturated heterocycles. The zero-order chi connectivity index (χ0) is 15.0. The molecule has 0 saturated carbocycles. The zero-order valence-corrected chi connectivity index (χ0v) is 13.8. The minimum absolute atomic E-state index is 0.299. The molecule has 0 amide bonds. The quantitative estimate of drug-likeness (QED) is 0.737. The number of hydrogen-bond donors (Lipinski definition) is 1. The first-order valence-electron chi connectivity index (χ1n) is 7.71. The SMILES string of the molecule is COCCC(C)(C)CNC(C)CCc1cccc(C)c1. The fourth-order valence-electron chi connectivity index (χ4n) is 2.27. The summed E-state index contributed by atoms with van der Waals surface area (Å²) in [5, 5.41) is 3.66. The lowest BCUT2D eigenvalue weighted by molar-refractivity contribution is 0.149. The van der Waals surface area contributed by atoms with E-state index in [4.69, 9.17) is 4.74 Å². The van der Waals surface area contributed by atoms with Crippen molar-refractivity contribution in [2.45, 2.75) is 53.0 Å². The van der Waals surface area contributed by atoms with Crippen LogP contribution in [0.3, 0.4) is 0 Å². The Labute approximate surface area is 124 Å². The number of ether oxygens (including phenoxy) is 1. The second-order valence-corrected chi connectivity index (χ2v) is 6.72. The molecule has 2 heteroatoms. The molecule has 1 unspecified atom stereocenters. The van der Waals surface area contributed by atoms with Crippen LogP contribution in [0.1, 0.15) is 44.7 Å². The third-order valence-electron chi connectivity index (χ3n) is 3.86. The Balaban J connectivity index is 2.28. The topological polar surface area (TPSA) is 21.3 Å². The first kappa shape index (κ1) is 17.2. The summed E-state index contributed by atoms with van der Waals surface area (Å²) in [6.45, 7) is 10.9. The van der Waals surface area contributed by atoms with Gasteiger partial charge in [-0.15, -0.1) is 0 Å². The van der Waals surface area contributed by atoms with Crippen LogP contribution in [-0.2, 0) is 11.2 Å². The van der Waals surface area contributed by atoms with Crippen LogP contribution in [0, 0.1) is 12.3 Å². The Morgan fingerprint density at radius 2 is 2.05 bits per heavy atom. The first-order chi connectivity index (χ1) is 9.43. The normalized spacial score (nSPS) is 13.4. The molecule has 0 aromatic heterocycles. The van der Waals surface area contributed by atoms with Crippen LogP contribution in [0.25, 0.3) is 0 Å². The lowest BCUT2D eigenvalue weighted by Crippen LogP contribution is -2.36. The van der Waals surface area contributed by atoms with Crippen molar-refractivity contribution in [3.05, 3.63) is 35.4 Å². The minimum atomic E-state index is 0.299. The Kier molecular flexibility index (Phi) is 7.25. The van der Waals surface area contributed by atoms with Crippen LogP contribution in [0.4, 0.5) is 0 Å². The Bertz CT molecular complexity index is 387. The molecule has 1 N–H and O–H groups in total. The second-order valence-electron chi connectivity index (χ2n) is 6.72. The molecular weight excluding hydrogens is 246 g/mol. The third kappa shape index (κ3) is 7.06. The van der Waals surface area contributed by atoms with Gasteiger partial charge in [-0.1, -0.05) is 43.7 Å². The van der Waals surface area contributed by atoms with Crippen molar-refractivity contribution in [3.63, 3.8) is 0 Å². The van der Waals surface area contributed by atoms with Crippen LogP contribution >= 0.6 is 0 Å². The van der Waals surface area contributed by atoms with Crippen LogP contribution in [0.5, 0.6) is 0 Å². The van der Waals surface area contributed by atoms with E-state index in [1.165, 1.54) is 17.5 Å². The molecule has 0 aliphatic carbocycles. The third-order valence-corrected chi connectivity index (χ3v) is 3.86. The number of rotatable bonds is 9. The Morgan fingerprint density at radius 1 is 1.30 bits per heavy atom. The highest BCUT2D eigenvalue weighted by atomic mass is 16.5. The molecule has 0 aliphatic heterocycles. The van der Waals surface area contributed by atoms with E-state index in [1.54, 1.807) is 7.11 Å². The molecular formula is C18H31NO. The molecule has 2 nitrogen and oxygen atoms in total. The number of benzene rings is 1. The highest BCUT2D eigenvalue weighted by molar-refractivity contribution is 5.22. The second kappa shape index (κ2) is 8.43. The summed E-state index contributed by atoms with van der Waals surface area (Å²) in [7, 11) is 1.77. The Morgan fingerprint density at radius 3 is 2.70 bits per heavy atom. The maximum absolute atomic E-state index is 5.17. The molecule has 1 rings (SSSR count). The fourth-order valence-corrected chi connectivity index (χ4v) is 2.27. The summed E-state index contributed by atoms with van der Waals surface area (Å²) in [6.07, 6.45) is 3.43. The minimum Gasteiger partial charge on any atom is -0.385 e. The number of hydrogen-bond acceptors (Lipinski definition) is 2. The number of aryl methyl sites for hydroxylation is 2. The standard InChI is InChI=1S/C18H31NO/c1-15-7-6-8-17(13-15)10-9-16(2)19-14-18(3,4)11-12-20-5/h6-8,13,16,19H,9-12,14H2,1-5H3. The summed E-state index contributed by atoms with van der Waals surface area (Å²) in [6, 6.07) is 9.37. The van der Waals surface area contributed by atoms with E-state index in [0.717, 1.165) is 26.0 Å². The van der Waals surface area contributed by atoms with Crippen LogP contribution in [-0.4, -0.2) is 26.3 Å². The smallest absolute Gasteiger partial charge is 0.0467 e. The van der Waals surface area contributed by atoms with Crippen LogP contribution < -0.4 is 5.32 Å². The average molecular weight is 277 g/mol. The zero-order valence-electron chi connectivity index (χ0n) is 13.8. The molecule has 114 valence electrons. The van der Waals surface area contributed by atoms with Crippen molar-refractivity contribution in [1.29, 1.82) is 0 Å². The lowest BCUT2D eigenvalue weighted by atomic mass is 9.89. The monoisotopic (exact) mass is 277 g/mol. The van der Waals surface area contributed by atoms with E-state index < -0.39 is 0 Å². The van der Waals surface area contributed by atoms with E-state index in [9.17, 15) is 0 Å². The van der Waals surface area contributed by atoms with Crippen LogP contribution in [0.15, 0.2) is 24.3 Å². The molecule has 20 heavy (non-hydrogen) atoms. The molecule has 0 bridgehead atoms. The van der Waals surface area contributed by atoms with Gasteiger partial charge >= 0.3 is 0 Å². The first-order valence-corrected chi connectivity index (χ1v) is 7.71. The largest absolute Gasteiger partial charge is 0.385 e. The molecule has 1 atom stereocenters. The van der Waals surface area contributed by atoms with Crippen LogP contribution in [0.2, 0.25) is 0 Å². The number of nitrogens with one attached hydrogen (secondary N) is 1. The van der Waals surface area contributed by atoms with Gasteiger partial charge in [-0.05, 0) is 44.1 Å². The van der Waals surface area contributed by atoms with Crippen molar-refractivity contribution < 1.29 is 4.74 Å². The van der Waals surface area contributed by atoms with Gasteiger partial charge < -0.3 is 10.1 Å². The molecule has 0 fully saturated rings. The summed E-state index contributed by atoms with van der Waals surface area (Å²) >= 11 is 0. The summed E-state index contributed by atoms with van der Waals surface area (Å²) < 4.78 is 5.17. The highest BCUT2D eigenvalue weighted by Gasteiger charge is 2.18. The van der Waals surface area contributed by atoms with Crippen molar-refractivity contribution in [2.75, 3.05) is 20.3 Å². The van der Waals surface area contributed by atoms with Crippen molar-refractivity contribution in [1.82, 2.24) is 5.32 Å². The van der Waals surface area contributed by atoms with Gasteiger partial charge in [0, 0.05) is 26.3 Å². The average Bonchev–Trinajstić information content (AvgIpc) is 2.41. The molecule has 1 aromatic rings. The molecule has 0 aliphatic rings. The molecule has 0 heterocycles. The van der Waals surface area contributed by atoms with Crippen molar-refractivity contribution in [3.8, 4) is 0 Å². The number of methoxy groups -OCH3 is 1. The highest BCUT2D eigenvalue weighted by Crippen LogP contribution is 2.19. The maximum atomic E-state index is 5.17. The lowest BCUT2D eigenvalue weighted by Gasteiger charge is -2.27. The molecule has 0 spiro atoms. The van der Waals surface area contributed by atoms with Crippen molar-refractivity contribution in [2.24, 2.45) is 5.41 Å². The van der Waals surface area contributed by atoms with Gasteiger partial charge in [0.15, 0.2) is 0 Å². The van der Waals surface area contributed by atoms with E-state index in [-0.39, 0.29) is 0 Å². The summed E-state index contributed by atoms with van der Waals surface area (Å²) in [4.78, 5) is 0. The van der Waals surface area contributed by atoms with E-state index >= 15 is 0 Å². The van der Waals surface area contributed by atoms with E-state index in [0.29, 0.717) is 11.5 Å². The van der Waals surface area contributed by atoms with Gasteiger partial charge in [0.2, 0.25) is 0 Å². The molecule has 0 radical (unpaired) electrons. The summed E-state index contributed by atoms with van der Waals surface area (Å²) in [5.74, 6) is 0.